The number of likely N-dealkylation sites (N-methyl/N-ethyl adjacent to an activating group) is 1. The Morgan fingerprint density at radius 2 is 1.96 bits per heavy atom. The minimum Gasteiger partial charge on any atom is -0.354 e. The maximum Gasteiger partial charge on any atom is 0.254 e. The van der Waals surface area contributed by atoms with Gasteiger partial charge in [-0.25, -0.2) is 4.98 Å². The van der Waals surface area contributed by atoms with Crippen molar-refractivity contribution in [2.24, 2.45) is 0 Å². The highest BCUT2D eigenvalue weighted by molar-refractivity contribution is 5.94. The zero-order valence-corrected chi connectivity index (χ0v) is 14.2. The summed E-state index contributed by atoms with van der Waals surface area (Å²) in [4.78, 5) is 23.7. The first-order valence-electron chi connectivity index (χ1n) is 8.52. The average molecular weight is 317 g/mol. The summed E-state index contributed by atoms with van der Waals surface area (Å²) in [5.74, 6) is 1.03. The van der Waals surface area contributed by atoms with Crippen LogP contribution >= 0.6 is 0 Å². The fourth-order valence-electron chi connectivity index (χ4n) is 3.32. The molecular formula is C17H27N5O. The van der Waals surface area contributed by atoms with Gasteiger partial charge in [0.25, 0.3) is 5.91 Å². The summed E-state index contributed by atoms with van der Waals surface area (Å²) < 4.78 is 0. The Morgan fingerprint density at radius 1 is 1.26 bits per heavy atom. The molecule has 2 fully saturated rings. The van der Waals surface area contributed by atoms with Crippen molar-refractivity contribution in [2.75, 3.05) is 58.3 Å². The van der Waals surface area contributed by atoms with Crippen molar-refractivity contribution in [2.45, 2.75) is 18.9 Å². The van der Waals surface area contributed by atoms with Crippen LogP contribution in [-0.4, -0.2) is 80.1 Å². The number of pyridine rings is 1. The zero-order valence-electron chi connectivity index (χ0n) is 14.2. The standard InChI is InChI=1S/C17H27N5O/c1-20-9-11-22(12-10-20)16-13-14(3-8-19-16)17(23)21(2)15-4-6-18-7-5-15/h3,8,13,15,18H,4-7,9-12H2,1-2H3. The maximum atomic E-state index is 12.8. The number of hydrogen-bond donors (Lipinski definition) is 1. The van der Waals surface area contributed by atoms with Crippen LogP contribution in [0.15, 0.2) is 18.3 Å². The van der Waals surface area contributed by atoms with E-state index in [9.17, 15) is 4.79 Å². The molecule has 1 aromatic heterocycles. The summed E-state index contributed by atoms with van der Waals surface area (Å²) in [6.07, 6.45) is 3.81. The quantitative estimate of drug-likeness (QED) is 0.887. The Labute approximate surface area is 138 Å². The molecule has 0 radical (unpaired) electrons. The molecule has 3 heterocycles. The lowest BCUT2D eigenvalue weighted by Gasteiger charge is -2.34. The van der Waals surface area contributed by atoms with Gasteiger partial charge in [-0.3, -0.25) is 4.79 Å². The Morgan fingerprint density at radius 3 is 2.65 bits per heavy atom. The summed E-state index contributed by atoms with van der Waals surface area (Å²) in [5.41, 5.74) is 0.745. The van der Waals surface area contributed by atoms with Crippen LogP contribution in [0, 0.1) is 0 Å². The Hall–Kier alpha value is -1.66. The molecule has 0 aliphatic carbocycles. The summed E-state index contributed by atoms with van der Waals surface area (Å²) >= 11 is 0. The first-order chi connectivity index (χ1) is 11.1. The van der Waals surface area contributed by atoms with E-state index in [0.717, 1.165) is 63.5 Å². The van der Waals surface area contributed by atoms with Crippen molar-refractivity contribution in [3.05, 3.63) is 23.9 Å². The number of rotatable bonds is 3. The molecule has 3 rings (SSSR count). The highest BCUT2D eigenvalue weighted by atomic mass is 16.2. The second-order valence-electron chi connectivity index (χ2n) is 6.59. The van der Waals surface area contributed by atoms with Gasteiger partial charge in [0.15, 0.2) is 0 Å². The monoisotopic (exact) mass is 317 g/mol. The highest BCUT2D eigenvalue weighted by Crippen LogP contribution is 2.18. The third-order valence-electron chi connectivity index (χ3n) is 5.00. The molecule has 2 aliphatic rings. The molecule has 6 heteroatoms. The van der Waals surface area contributed by atoms with Gasteiger partial charge in [-0.1, -0.05) is 0 Å². The van der Waals surface area contributed by atoms with E-state index in [4.69, 9.17) is 0 Å². The van der Waals surface area contributed by atoms with Gasteiger partial charge in [-0.05, 0) is 45.1 Å². The van der Waals surface area contributed by atoms with E-state index in [1.165, 1.54) is 0 Å². The number of carbonyl (C=O) groups excluding carboxylic acids is 1. The molecule has 1 amide bonds. The minimum atomic E-state index is 0.106. The number of anilines is 1. The SMILES string of the molecule is CN1CCN(c2cc(C(=O)N(C)C3CCNCC3)ccn2)CC1. The van der Waals surface area contributed by atoms with Crippen LogP contribution in [0.5, 0.6) is 0 Å². The Balaban J connectivity index is 1.69. The molecule has 2 saturated heterocycles. The van der Waals surface area contributed by atoms with Gasteiger partial charge >= 0.3 is 0 Å². The third kappa shape index (κ3) is 3.82. The molecule has 0 spiro atoms. The van der Waals surface area contributed by atoms with Crippen molar-refractivity contribution in [3.63, 3.8) is 0 Å². The van der Waals surface area contributed by atoms with Crippen LogP contribution in [0.1, 0.15) is 23.2 Å². The average Bonchev–Trinajstić information content (AvgIpc) is 2.62. The number of piperidine rings is 1. The van der Waals surface area contributed by atoms with E-state index in [1.807, 2.05) is 24.1 Å². The highest BCUT2D eigenvalue weighted by Gasteiger charge is 2.24. The fourth-order valence-corrected chi connectivity index (χ4v) is 3.32. The van der Waals surface area contributed by atoms with Crippen molar-refractivity contribution in [3.8, 4) is 0 Å². The number of carbonyl (C=O) groups is 1. The molecule has 0 saturated carbocycles. The lowest BCUT2D eigenvalue weighted by molar-refractivity contribution is 0.0703. The smallest absolute Gasteiger partial charge is 0.254 e. The lowest BCUT2D eigenvalue weighted by Crippen LogP contribution is -2.45. The van der Waals surface area contributed by atoms with Crippen LogP contribution in [0.4, 0.5) is 5.82 Å². The van der Waals surface area contributed by atoms with Crippen molar-refractivity contribution in [1.29, 1.82) is 0 Å². The van der Waals surface area contributed by atoms with Gasteiger partial charge < -0.3 is 20.0 Å². The second kappa shape index (κ2) is 7.27. The molecule has 1 N–H and O–H groups in total. The normalized spacial score (nSPS) is 20.5. The van der Waals surface area contributed by atoms with E-state index < -0.39 is 0 Å². The fraction of sp³-hybridized carbons (Fsp3) is 0.647. The van der Waals surface area contributed by atoms with Crippen LogP contribution in [0.2, 0.25) is 0 Å². The number of amides is 1. The lowest BCUT2D eigenvalue weighted by atomic mass is 10.0. The largest absolute Gasteiger partial charge is 0.354 e. The molecule has 1 aromatic rings. The van der Waals surface area contributed by atoms with Crippen LogP contribution < -0.4 is 10.2 Å². The number of piperazine rings is 1. The molecule has 0 atom stereocenters. The van der Waals surface area contributed by atoms with Crippen LogP contribution in [-0.2, 0) is 0 Å². The van der Waals surface area contributed by atoms with E-state index >= 15 is 0 Å². The summed E-state index contributed by atoms with van der Waals surface area (Å²) in [5, 5.41) is 3.35. The molecule has 0 unspecified atom stereocenters. The van der Waals surface area contributed by atoms with Gasteiger partial charge in [-0.2, -0.15) is 0 Å². The number of aromatic nitrogens is 1. The number of hydrogen-bond acceptors (Lipinski definition) is 5. The summed E-state index contributed by atoms with van der Waals surface area (Å²) in [6, 6.07) is 4.12. The molecule has 0 aromatic carbocycles. The summed E-state index contributed by atoms with van der Waals surface area (Å²) in [6.45, 7) is 5.98. The van der Waals surface area contributed by atoms with Gasteiger partial charge in [0.05, 0.1) is 0 Å². The van der Waals surface area contributed by atoms with Gasteiger partial charge in [0.1, 0.15) is 5.82 Å². The van der Waals surface area contributed by atoms with E-state index in [2.05, 4.69) is 27.1 Å². The number of nitrogens with zero attached hydrogens (tertiary/aromatic N) is 4. The first kappa shape index (κ1) is 16.2. The Kier molecular flexibility index (Phi) is 5.13. The van der Waals surface area contributed by atoms with Crippen molar-refractivity contribution >= 4 is 11.7 Å². The minimum absolute atomic E-state index is 0.106. The van der Waals surface area contributed by atoms with Gasteiger partial charge in [0.2, 0.25) is 0 Å². The number of nitrogens with one attached hydrogen (secondary N) is 1. The predicted octanol–water partition coefficient (Wildman–Crippen LogP) is 0.657. The Bertz CT molecular complexity index is 536. The molecule has 23 heavy (non-hydrogen) atoms. The van der Waals surface area contributed by atoms with E-state index in [1.54, 1.807) is 6.20 Å². The van der Waals surface area contributed by atoms with Crippen molar-refractivity contribution < 1.29 is 4.79 Å². The molecule has 0 bridgehead atoms. The maximum absolute atomic E-state index is 12.8. The molecule has 126 valence electrons. The van der Waals surface area contributed by atoms with Crippen molar-refractivity contribution in [1.82, 2.24) is 20.1 Å². The third-order valence-corrected chi connectivity index (χ3v) is 5.00. The molecule has 6 nitrogen and oxygen atoms in total. The second-order valence-corrected chi connectivity index (χ2v) is 6.59. The van der Waals surface area contributed by atoms with Crippen LogP contribution in [0.3, 0.4) is 0 Å². The summed E-state index contributed by atoms with van der Waals surface area (Å²) in [7, 11) is 4.06. The van der Waals surface area contributed by atoms with Crippen LogP contribution in [0.25, 0.3) is 0 Å². The van der Waals surface area contributed by atoms with Gasteiger partial charge in [-0.15, -0.1) is 0 Å². The van der Waals surface area contributed by atoms with E-state index in [-0.39, 0.29) is 5.91 Å². The molecular weight excluding hydrogens is 290 g/mol. The van der Waals surface area contributed by atoms with Gasteiger partial charge in [0, 0.05) is 51.0 Å². The van der Waals surface area contributed by atoms with E-state index in [0.29, 0.717) is 6.04 Å². The predicted molar refractivity (Wildman–Crippen MR) is 91.9 cm³/mol. The zero-order chi connectivity index (χ0) is 16.2. The first-order valence-corrected chi connectivity index (χ1v) is 8.52. The topological polar surface area (TPSA) is 51.7 Å². The molecule has 2 aliphatic heterocycles.